The predicted octanol–water partition coefficient (Wildman–Crippen LogP) is 2.78. The minimum atomic E-state index is 0.242. The molecule has 80 valence electrons. The van der Waals surface area contributed by atoms with E-state index in [2.05, 4.69) is 16.0 Å². The smallest absolute Gasteiger partial charge is 0.123 e. The Balaban J connectivity index is 2.68. The van der Waals surface area contributed by atoms with Gasteiger partial charge in [0.1, 0.15) is 5.75 Å². The molecule has 0 saturated heterocycles. The summed E-state index contributed by atoms with van der Waals surface area (Å²) in [6.45, 7) is 4.54. The molecule has 0 radical (unpaired) electrons. The number of aliphatic imine (C=N–C) groups is 2. The van der Waals surface area contributed by atoms with Crippen LogP contribution >= 0.6 is 0 Å². The van der Waals surface area contributed by atoms with Gasteiger partial charge in [-0.05, 0) is 19.9 Å². The molecule has 3 heteroatoms. The summed E-state index contributed by atoms with van der Waals surface area (Å²) in [5, 5.41) is 0. The average molecular weight is 204 g/mol. The summed E-state index contributed by atoms with van der Waals surface area (Å²) in [4.78, 5) is 8.13. The van der Waals surface area contributed by atoms with Gasteiger partial charge in [0, 0.05) is 5.56 Å². The first-order chi connectivity index (χ1) is 7.24. The number of methoxy groups -OCH3 is 1. The van der Waals surface area contributed by atoms with Crippen molar-refractivity contribution < 1.29 is 4.74 Å². The number of hydrogen-bond donors (Lipinski definition) is 0. The van der Waals surface area contributed by atoms with Crippen molar-refractivity contribution in [1.82, 2.24) is 0 Å². The van der Waals surface area contributed by atoms with Crippen molar-refractivity contribution in [3.63, 3.8) is 0 Å². The number of nitrogens with zero attached hydrogens (tertiary/aromatic N) is 2. The van der Waals surface area contributed by atoms with Crippen LogP contribution in [0.4, 0.5) is 0 Å². The molecule has 0 fully saturated rings. The molecule has 0 atom stereocenters. The molecule has 1 aromatic carbocycles. The van der Waals surface area contributed by atoms with Crippen molar-refractivity contribution in [1.29, 1.82) is 0 Å². The van der Waals surface area contributed by atoms with Crippen LogP contribution < -0.4 is 4.74 Å². The second-order valence-corrected chi connectivity index (χ2v) is 3.45. The minimum absolute atomic E-state index is 0.242. The van der Waals surface area contributed by atoms with E-state index in [-0.39, 0.29) is 6.04 Å². The van der Waals surface area contributed by atoms with E-state index in [1.165, 1.54) is 0 Å². The molecule has 0 spiro atoms. The van der Waals surface area contributed by atoms with E-state index < -0.39 is 0 Å². The van der Waals surface area contributed by atoms with Crippen LogP contribution in [0.2, 0.25) is 0 Å². The largest absolute Gasteiger partial charge is 0.496 e. The third-order valence-electron chi connectivity index (χ3n) is 1.83. The molecule has 0 saturated carbocycles. The van der Waals surface area contributed by atoms with E-state index in [4.69, 9.17) is 4.74 Å². The zero-order chi connectivity index (χ0) is 11.1. The number of ether oxygens (including phenoxy) is 1. The molecule has 0 N–H and O–H groups in total. The molecule has 1 rings (SSSR count). The highest BCUT2D eigenvalue weighted by Crippen LogP contribution is 2.17. The van der Waals surface area contributed by atoms with Crippen LogP contribution in [0.1, 0.15) is 19.4 Å². The monoisotopic (exact) mass is 204 g/mol. The van der Waals surface area contributed by atoms with Crippen LogP contribution in [0.15, 0.2) is 34.3 Å². The summed E-state index contributed by atoms with van der Waals surface area (Å²) in [7, 11) is 1.66. The van der Waals surface area contributed by atoms with Gasteiger partial charge in [-0.1, -0.05) is 18.2 Å². The van der Waals surface area contributed by atoms with E-state index in [0.717, 1.165) is 11.3 Å². The van der Waals surface area contributed by atoms with Crippen LogP contribution in [0.25, 0.3) is 0 Å². The Morgan fingerprint density at radius 1 is 1.33 bits per heavy atom. The lowest BCUT2D eigenvalue weighted by atomic mass is 10.2. The number of hydrogen-bond acceptors (Lipinski definition) is 3. The van der Waals surface area contributed by atoms with Crippen molar-refractivity contribution in [3.8, 4) is 5.75 Å². The van der Waals surface area contributed by atoms with E-state index in [1.54, 1.807) is 7.11 Å². The summed E-state index contributed by atoms with van der Waals surface area (Å²) in [6.07, 6.45) is 0. The van der Waals surface area contributed by atoms with Crippen LogP contribution in [0.3, 0.4) is 0 Å². The first kappa shape index (κ1) is 11.5. The number of benzene rings is 1. The highest BCUT2D eigenvalue weighted by Gasteiger charge is 1.98. The van der Waals surface area contributed by atoms with Gasteiger partial charge in [0.15, 0.2) is 0 Å². The van der Waals surface area contributed by atoms with Gasteiger partial charge in [0.25, 0.3) is 0 Å². The Kier molecular flexibility index (Phi) is 4.58. The van der Waals surface area contributed by atoms with Gasteiger partial charge in [-0.2, -0.15) is 0 Å². The highest BCUT2D eigenvalue weighted by atomic mass is 16.5. The van der Waals surface area contributed by atoms with Gasteiger partial charge in [0.2, 0.25) is 0 Å². The Morgan fingerprint density at radius 3 is 2.73 bits per heavy atom. The summed E-state index contributed by atoms with van der Waals surface area (Å²) < 4.78 is 5.21. The second-order valence-electron chi connectivity index (χ2n) is 3.45. The van der Waals surface area contributed by atoms with Crippen molar-refractivity contribution in [2.24, 2.45) is 9.98 Å². The van der Waals surface area contributed by atoms with Crippen LogP contribution in [-0.2, 0) is 6.54 Å². The quantitative estimate of drug-likeness (QED) is 0.694. The lowest BCUT2D eigenvalue weighted by molar-refractivity contribution is 0.410. The fourth-order valence-electron chi connectivity index (χ4n) is 1.11. The lowest BCUT2D eigenvalue weighted by Crippen LogP contribution is -1.90. The maximum Gasteiger partial charge on any atom is 0.123 e. The molecule has 0 amide bonds. The average Bonchev–Trinajstić information content (AvgIpc) is 2.24. The number of para-hydroxylation sites is 1. The van der Waals surface area contributed by atoms with Crippen LogP contribution in [0.5, 0.6) is 5.75 Å². The molecule has 0 heterocycles. The lowest BCUT2D eigenvalue weighted by Gasteiger charge is -2.03. The molecule has 0 aliphatic carbocycles. The minimum Gasteiger partial charge on any atom is -0.496 e. The Bertz CT molecular complexity index is 366. The van der Waals surface area contributed by atoms with Crippen molar-refractivity contribution in [3.05, 3.63) is 29.8 Å². The summed E-state index contributed by atoms with van der Waals surface area (Å²) in [6, 6.07) is 10.7. The van der Waals surface area contributed by atoms with Gasteiger partial charge in [-0.3, -0.25) is 0 Å². The molecule has 1 aromatic rings. The van der Waals surface area contributed by atoms with Gasteiger partial charge in [-0.25, -0.2) is 9.98 Å². The summed E-state index contributed by atoms with van der Waals surface area (Å²) >= 11 is 0. The van der Waals surface area contributed by atoms with Crippen molar-refractivity contribution in [2.75, 3.05) is 7.11 Å². The van der Waals surface area contributed by atoms with Crippen LogP contribution in [-0.4, -0.2) is 19.2 Å². The summed E-state index contributed by atoms with van der Waals surface area (Å²) in [5.74, 6) is 0.854. The zero-order valence-electron chi connectivity index (χ0n) is 9.40. The normalized spacial score (nSPS) is 9.60. The number of rotatable bonds is 4. The fourth-order valence-corrected chi connectivity index (χ4v) is 1.11. The standard InChI is InChI=1S/C12H16N2O/c1-10(2)14-9-13-8-11-6-4-5-7-12(11)15-3/h4-7,10H,8H2,1-3H3. The van der Waals surface area contributed by atoms with Crippen LogP contribution in [0, 0.1) is 0 Å². The van der Waals surface area contributed by atoms with E-state index in [1.807, 2.05) is 38.1 Å². The van der Waals surface area contributed by atoms with E-state index >= 15 is 0 Å². The van der Waals surface area contributed by atoms with Gasteiger partial charge in [-0.15, -0.1) is 0 Å². The zero-order valence-corrected chi connectivity index (χ0v) is 9.40. The first-order valence-electron chi connectivity index (χ1n) is 4.97. The van der Waals surface area contributed by atoms with E-state index in [0.29, 0.717) is 6.54 Å². The second kappa shape index (κ2) is 5.99. The predicted molar refractivity (Wildman–Crippen MR) is 61.7 cm³/mol. The third-order valence-corrected chi connectivity index (χ3v) is 1.83. The van der Waals surface area contributed by atoms with E-state index in [9.17, 15) is 0 Å². The van der Waals surface area contributed by atoms with Gasteiger partial charge >= 0.3 is 0 Å². The Hall–Kier alpha value is -1.60. The molecule has 0 aromatic heterocycles. The molecular formula is C12H16N2O. The van der Waals surface area contributed by atoms with Crippen molar-refractivity contribution in [2.45, 2.75) is 26.4 Å². The van der Waals surface area contributed by atoms with Gasteiger partial charge < -0.3 is 4.74 Å². The molecule has 0 aliphatic heterocycles. The maximum atomic E-state index is 5.21. The molecule has 15 heavy (non-hydrogen) atoms. The SMILES string of the molecule is COc1ccccc1CN=C=NC(C)C. The molecule has 3 nitrogen and oxygen atoms in total. The molecule has 0 aliphatic rings. The molecule has 0 bridgehead atoms. The third kappa shape index (κ3) is 3.96. The highest BCUT2D eigenvalue weighted by molar-refractivity contribution is 5.43. The molecule has 0 unspecified atom stereocenters. The fraction of sp³-hybridized carbons (Fsp3) is 0.417. The first-order valence-corrected chi connectivity index (χ1v) is 4.97. The molecular weight excluding hydrogens is 188 g/mol. The summed E-state index contributed by atoms with van der Waals surface area (Å²) in [5.41, 5.74) is 1.05. The Morgan fingerprint density at radius 2 is 2.07 bits per heavy atom. The maximum absolute atomic E-state index is 5.21. The van der Waals surface area contributed by atoms with Crippen molar-refractivity contribution >= 4 is 6.01 Å². The Labute approximate surface area is 90.5 Å². The topological polar surface area (TPSA) is 34.0 Å². The van der Waals surface area contributed by atoms with Gasteiger partial charge in [0.05, 0.1) is 25.7 Å².